The van der Waals surface area contributed by atoms with Crippen LogP contribution < -0.4 is 4.90 Å². The highest BCUT2D eigenvalue weighted by molar-refractivity contribution is 6.30. The van der Waals surface area contributed by atoms with Crippen molar-refractivity contribution in [2.24, 2.45) is 0 Å². The van der Waals surface area contributed by atoms with Crippen molar-refractivity contribution in [2.75, 3.05) is 11.4 Å². The number of rotatable bonds is 4. The normalized spacial score (nSPS) is 20.6. The maximum Gasteiger partial charge on any atom is 0.225 e. The van der Waals surface area contributed by atoms with Crippen molar-refractivity contribution in [1.29, 1.82) is 0 Å². The van der Waals surface area contributed by atoms with Gasteiger partial charge in [-0.2, -0.15) is 0 Å². The summed E-state index contributed by atoms with van der Waals surface area (Å²) in [6.45, 7) is 0.900. The maximum atomic E-state index is 10.4. The van der Waals surface area contributed by atoms with Gasteiger partial charge in [0.2, 0.25) is 5.95 Å². The number of furan rings is 1. The fraction of sp³-hybridized carbons (Fsp3) is 0.500. The van der Waals surface area contributed by atoms with Crippen LogP contribution in [-0.2, 0) is 0 Å². The summed E-state index contributed by atoms with van der Waals surface area (Å²) in [6, 6.07) is 3.81. The van der Waals surface area contributed by atoms with Gasteiger partial charge in [-0.15, -0.1) is 0 Å². The average molecular weight is 322 g/mol. The fourth-order valence-electron chi connectivity index (χ4n) is 2.99. The molecule has 0 spiro atoms. The lowest BCUT2D eigenvalue weighted by atomic mass is 10.0. The minimum absolute atomic E-state index is 0.198. The Morgan fingerprint density at radius 2 is 2.14 bits per heavy atom. The Kier molecular flexibility index (Phi) is 4.95. The zero-order valence-corrected chi connectivity index (χ0v) is 13.1. The first kappa shape index (κ1) is 15.3. The molecule has 1 saturated heterocycles. The zero-order chi connectivity index (χ0) is 15.4. The first-order valence-electron chi connectivity index (χ1n) is 7.69. The third kappa shape index (κ3) is 3.59. The molecule has 2 aromatic rings. The van der Waals surface area contributed by atoms with Gasteiger partial charge in [0.25, 0.3) is 0 Å². The van der Waals surface area contributed by atoms with E-state index in [-0.39, 0.29) is 6.04 Å². The summed E-state index contributed by atoms with van der Waals surface area (Å²) in [4.78, 5) is 10.9. The molecule has 1 aliphatic heterocycles. The van der Waals surface area contributed by atoms with Gasteiger partial charge in [0.15, 0.2) is 0 Å². The molecule has 0 unspecified atom stereocenters. The Labute approximate surface area is 134 Å². The Morgan fingerprint density at radius 1 is 1.32 bits per heavy atom. The van der Waals surface area contributed by atoms with Gasteiger partial charge in [0.1, 0.15) is 11.9 Å². The van der Waals surface area contributed by atoms with Crippen LogP contribution in [0.3, 0.4) is 0 Å². The fourth-order valence-corrected chi connectivity index (χ4v) is 3.09. The molecule has 1 N–H and O–H groups in total. The van der Waals surface area contributed by atoms with Crippen LogP contribution in [0.5, 0.6) is 0 Å². The van der Waals surface area contributed by atoms with Gasteiger partial charge in [-0.3, -0.25) is 0 Å². The Bertz CT molecular complexity index is 574. The van der Waals surface area contributed by atoms with Crippen molar-refractivity contribution in [3.8, 4) is 0 Å². The van der Waals surface area contributed by atoms with Crippen molar-refractivity contribution in [2.45, 2.75) is 44.2 Å². The summed E-state index contributed by atoms with van der Waals surface area (Å²) in [6.07, 6.45) is 9.31. The molecule has 118 valence electrons. The number of aromatic nitrogens is 2. The van der Waals surface area contributed by atoms with Crippen molar-refractivity contribution >= 4 is 17.5 Å². The van der Waals surface area contributed by atoms with Gasteiger partial charge in [0, 0.05) is 19.0 Å². The molecular formula is C16H20ClN3O2. The second-order valence-corrected chi connectivity index (χ2v) is 6.10. The lowest BCUT2D eigenvalue weighted by Crippen LogP contribution is -2.37. The van der Waals surface area contributed by atoms with E-state index in [1.54, 1.807) is 24.7 Å². The SMILES string of the molecule is O[C@@H](C[C@@H]1CCCCCN1c1ncc(Cl)cn1)c1ccco1. The highest BCUT2D eigenvalue weighted by Crippen LogP contribution is 2.28. The Morgan fingerprint density at radius 3 is 2.86 bits per heavy atom. The number of aliphatic hydroxyl groups excluding tert-OH is 1. The minimum atomic E-state index is -0.604. The van der Waals surface area contributed by atoms with Crippen LogP contribution in [-0.4, -0.2) is 27.7 Å². The summed E-state index contributed by atoms with van der Waals surface area (Å²) in [5.41, 5.74) is 0. The molecule has 0 aromatic carbocycles. The zero-order valence-electron chi connectivity index (χ0n) is 12.4. The first-order chi connectivity index (χ1) is 10.7. The maximum absolute atomic E-state index is 10.4. The third-order valence-electron chi connectivity index (χ3n) is 4.11. The van der Waals surface area contributed by atoms with E-state index in [9.17, 15) is 5.11 Å². The number of aliphatic hydroxyl groups is 1. The standard InChI is InChI=1S/C16H20ClN3O2/c17-12-10-18-16(19-11-12)20-7-3-1-2-5-13(20)9-14(21)15-6-4-8-22-15/h4,6,8,10-11,13-14,21H,1-3,5,7,9H2/t13-,14-/m0/s1. The van der Waals surface area contributed by atoms with Crippen molar-refractivity contribution in [3.63, 3.8) is 0 Å². The Hall–Kier alpha value is -1.59. The molecule has 0 radical (unpaired) electrons. The summed E-state index contributed by atoms with van der Waals surface area (Å²) in [5, 5.41) is 10.9. The molecule has 5 nitrogen and oxygen atoms in total. The van der Waals surface area contributed by atoms with Crippen LogP contribution in [0, 0.1) is 0 Å². The molecule has 0 aliphatic carbocycles. The van der Waals surface area contributed by atoms with Crippen molar-refractivity contribution in [3.05, 3.63) is 41.6 Å². The predicted molar refractivity (Wildman–Crippen MR) is 84.9 cm³/mol. The second-order valence-electron chi connectivity index (χ2n) is 5.66. The Balaban J connectivity index is 1.77. The van der Waals surface area contributed by atoms with Crippen LogP contribution >= 0.6 is 11.6 Å². The third-order valence-corrected chi connectivity index (χ3v) is 4.30. The van der Waals surface area contributed by atoms with E-state index in [1.807, 2.05) is 6.07 Å². The van der Waals surface area contributed by atoms with Crippen molar-refractivity contribution < 1.29 is 9.52 Å². The molecule has 22 heavy (non-hydrogen) atoms. The van der Waals surface area contributed by atoms with Crippen molar-refractivity contribution in [1.82, 2.24) is 9.97 Å². The quantitative estimate of drug-likeness (QED) is 0.932. The molecule has 0 amide bonds. The topological polar surface area (TPSA) is 62.4 Å². The smallest absolute Gasteiger partial charge is 0.225 e. The monoisotopic (exact) mass is 321 g/mol. The number of halogens is 1. The van der Waals surface area contributed by atoms with Gasteiger partial charge in [-0.25, -0.2) is 9.97 Å². The molecule has 0 saturated carbocycles. The van der Waals surface area contributed by atoms with Gasteiger partial charge in [0.05, 0.1) is 23.7 Å². The van der Waals surface area contributed by atoms with Crippen LogP contribution in [0.2, 0.25) is 5.02 Å². The minimum Gasteiger partial charge on any atom is -0.467 e. The van der Waals surface area contributed by atoms with Crippen LogP contribution in [0.4, 0.5) is 5.95 Å². The second kappa shape index (κ2) is 7.11. The molecule has 3 heterocycles. The van der Waals surface area contributed by atoms with E-state index in [0.717, 1.165) is 25.8 Å². The number of nitrogens with zero attached hydrogens (tertiary/aromatic N) is 3. The van der Waals surface area contributed by atoms with Gasteiger partial charge in [-0.05, 0) is 25.0 Å². The molecule has 1 aliphatic rings. The first-order valence-corrected chi connectivity index (χ1v) is 8.07. The van der Waals surface area contributed by atoms with Gasteiger partial charge >= 0.3 is 0 Å². The molecule has 6 heteroatoms. The average Bonchev–Trinajstić information content (AvgIpc) is 2.97. The summed E-state index contributed by atoms with van der Waals surface area (Å²) >= 11 is 5.88. The van der Waals surface area contributed by atoms with Crippen LogP contribution in [0.1, 0.15) is 44.0 Å². The molecule has 3 rings (SSSR count). The summed E-state index contributed by atoms with van der Waals surface area (Å²) in [7, 11) is 0. The number of hydrogen-bond donors (Lipinski definition) is 1. The molecule has 1 fully saturated rings. The van der Waals surface area contributed by atoms with E-state index in [2.05, 4.69) is 14.9 Å². The summed E-state index contributed by atoms with van der Waals surface area (Å²) in [5.74, 6) is 1.30. The van der Waals surface area contributed by atoms with E-state index >= 15 is 0 Å². The van der Waals surface area contributed by atoms with Crippen LogP contribution in [0.15, 0.2) is 35.2 Å². The number of hydrogen-bond acceptors (Lipinski definition) is 5. The highest BCUT2D eigenvalue weighted by atomic mass is 35.5. The highest BCUT2D eigenvalue weighted by Gasteiger charge is 2.26. The van der Waals surface area contributed by atoms with E-state index < -0.39 is 6.10 Å². The molecule has 2 atom stereocenters. The van der Waals surface area contributed by atoms with Gasteiger partial charge in [-0.1, -0.05) is 24.4 Å². The largest absolute Gasteiger partial charge is 0.467 e. The predicted octanol–water partition coefficient (Wildman–Crippen LogP) is 3.60. The molecule has 2 aromatic heterocycles. The van der Waals surface area contributed by atoms with E-state index in [4.69, 9.17) is 16.0 Å². The lowest BCUT2D eigenvalue weighted by molar-refractivity contribution is 0.129. The summed E-state index contributed by atoms with van der Waals surface area (Å²) < 4.78 is 5.31. The number of anilines is 1. The van der Waals surface area contributed by atoms with Gasteiger partial charge < -0.3 is 14.4 Å². The lowest BCUT2D eigenvalue weighted by Gasteiger charge is -2.31. The molecular weight excluding hydrogens is 302 g/mol. The van der Waals surface area contributed by atoms with E-state index in [0.29, 0.717) is 23.2 Å². The molecule has 0 bridgehead atoms. The van der Waals surface area contributed by atoms with Crippen LogP contribution in [0.25, 0.3) is 0 Å². The van der Waals surface area contributed by atoms with E-state index in [1.165, 1.54) is 6.42 Å².